The highest BCUT2D eigenvalue weighted by molar-refractivity contribution is 5.00. The molecule has 2 heteroatoms. The SMILES string of the molecule is CC1CCCC1(CN)N1CCCCCC1. The van der Waals surface area contributed by atoms with E-state index in [2.05, 4.69) is 11.8 Å². The summed E-state index contributed by atoms with van der Waals surface area (Å²) in [5, 5.41) is 0. The lowest BCUT2D eigenvalue weighted by molar-refractivity contribution is 0.0673. The number of hydrogen-bond acceptors (Lipinski definition) is 2. The molecule has 2 N–H and O–H groups in total. The maximum atomic E-state index is 6.10. The van der Waals surface area contributed by atoms with Crippen molar-refractivity contribution in [1.82, 2.24) is 4.90 Å². The molecule has 1 saturated heterocycles. The Bertz CT molecular complexity index is 197. The van der Waals surface area contributed by atoms with Crippen LogP contribution in [0.3, 0.4) is 0 Å². The lowest BCUT2D eigenvalue weighted by Gasteiger charge is -2.43. The maximum Gasteiger partial charge on any atom is 0.0357 e. The van der Waals surface area contributed by atoms with Gasteiger partial charge in [-0.05, 0) is 44.7 Å². The van der Waals surface area contributed by atoms with Crippen LogP contribution in [0.2, 0.25) is 0 Å². The second kappa shape index (κ2) is 4.84. The van der Waals surface area contributed by atoms with Crippen LogP contribution in [0.25, 0.3) is 0 Å². The zero-order valence-electron chi connectivity index (χ0n) is 10.2. The highest BCUT2D eigenvalue weighted by Crippen LogP contribution is 2.40. The fraction of sp³-hybridized carbons (Fsp3) is 1.00. The quantitative estimate of drug-likeness (QED) is 0.758. The van der Waals surface area contributed by atoms with Gasteiger partial charge in [0.25, 0.3) is 0 Å². The topological polar surface area (TPSA) is 29.3 Å². The van der Waals surface area contributed by atoms with E-state index in [1.807, 2.05) is 0 Å². The fourth-order valence-electron chi connectivity index (χ4n) is 3.65. The molecule has 1 heterocycles. The Morgan fingerprint density at radius 3 is 2.27 bits per heavy atom. The van der Waals surface area contributed by atoms with Gasteiger partial charge in [-0.25, -0.2) is 0 Å². The molecule has 2 atom stereocenters. The standard InChI is InChI=1S/C13H26N2/c1-12-7-6-8-13(12,11-14)15-9-4-2-3-5-10-15/h12H,2-11,14H2,1H3. The van der Waals surface area contributed by atoms with Crippen LogP contribution in [0.1, 0.15) is 51.9 Å². The highest BCUT2D eigenvalue weighted by atomic mass is 15.2. The van der Waals surface area contributed by atoms with Crippen molar-refractivity contribution in [1.29, 1.82) is 0 Å². The molecule has 2 unspecified atom stereocenters. The Morgan fingerprint density at radius 2 is 1.80 bits per heavy atom. The van der Waals surface area contributed by atoms with Gasteiger partial charge in [-0.3, -0.25) is 4.90 Å². The van der Waals surface area contributed by atoms with Crippen molar-refractivity contribution in [3.63, 3.8) is 0 Å². The van der Waals surface area contributed by atoms with Crippen molar-refractivity contribution in [2.45, 2.75) is 57.4 Å². The lowest BCUT2D eigenvalue weighted by Crippen LogP contribution is -2.56. The molecule has 88 valence electrons. The average Bonchev–Trinajstić information content (AvgIpc) is 2.49. The van der Waals surface area contributed by atoms with E-state index in [-0.39, 0.29) is 0 Å². The van der Waals surface area contributed by atoms with E-state index in [1.165, 1.54) is 58.0 Å². The number of rotatable bonds is 2. The molecule has 2 fully saturated rings. The van der Waals surface area contributed by atoms with Crippen molar-refractivity contribution in [3.8, 4) is 0 Å². The zero-order valence-corrected chi connectivity index (χ0v) is 10.2. The van der Waals surface area contributed by atoms with Gasteiger partial charge in [0.2, 0.25) is 0 Å². The number of hydrogen-bond donors (Lipinski definition) is 1. The van der Waals surface area contributed by atoms with Crippen LogP contribution in [0.15, 0.2) is 0 Å². The Hall–Kier alpha value is -0.0800. The smallest absolute Gasteiger partial charge is 0.0357 e. The maximum absolute atomic E-state index is 6.10. The third kappa shape index (κ3) is 2.07. The van der Waals surface area contributed by atoms with Gasteiger partial charge in [-0.2, -0.15) is 0 Å². The van der Waals surface area contributed by atoms with Crippen LogP contribution in [0.5, 0.6) is 0 Å². The second-order valence-corrected chi connectivity index (χ2v) is 5.50. The molecule has 15 heavy (non-hydrogen) atoms. The first-order valence-corrected chi connectivity index (χ1v) is 6.75. The predicted molar refractivity (Wildman–Crippen MR) is 64.8 cm³/mol. The van der Waals surface area contributed by atoms with E-state index in [9.17, 15) is 0 Å². The minimum atomic E-state index is 0.365. The molecule has 0 aromatic heterocycles. The van der Waals surface area contributed by atoms with Crippen LogP contribution in [-0.4, -0.2) is 30.1 Å². The Kier molecular flexibility index (Phi) is 3.68. The van der Waals surface area contributed by atoms with E-state index in [4.69, 9.17) is 5.73 Å². The van der Waals surface area contributed by atoms with Crippen LogP contribution in [-0.2, 0) is 0 Å². The molecule has 2 rings (SSSR count). The second-order valence-electron chi connectivity index (χ2n) is 5.50. The van der Waals surface area contributed by atoms with Crippen molar-refractivity contribution >= 4 is 0 Å². The molecule has 1 saturated carbocycles. The first kappa shape index (κ1) is 11.4. The summed E-state index contributed by atoms with van der Waals surface area (Å²) in [6, 6.07) is 0. The summed E-state index contributed by atoms with van der Waals surface area (Å²) in [5.41, 5.74) is 6.46. The average molecular weight is 210 g/mol. The van der Waals surface area contributed by atoms with Crippen molar-refractivity contribution in [2.75, 3.05) is 19.6 Å². The van der Waals surface area contributed by atoms with Gasteiger partial charge in [-0.15, -0.1) is 0 Å². The molecule has 0 aromatic carbocycles. The molecular weight excluding hydrogens is 184 g/mol. The fourth-order valence-corrected chi connectivity index (χ4v) is 3.65. The van der Waals surface area contributed by atoms with Crippen LogP contribution in [0, 0.1) is 5.92 Å². The van der Waals surface area contributed by atoms with E-state index >= 15 is 0 Å². The Morgan fingerprint density at radius 1 is 1.13 bits per heavy atom. The molecule has 0 bridgehead atoms. The molecule has 2 nitrogen and oxygen atoms in total. The largest absolute Gasteiger partial charge is 0.329 e. The molecule has 0 amide bonds. The molecule has 0 radical (unpaired) electrons. The van der Waals surface area contributed by atoms with Crippen molar-refractivity contribution in [2.24, 2.45) is 11.7 Å². The summed E-state index contributed by atoms with van der Waals surface area (Å²) in [5.74, 6) is 0.806. The normalized spacial score (nSPS) is 39.2. The predicted octanol–water partition coefficient (Wildman–Crippen LogP) is 2.38. The lowest BCUT2D eigenvalue weighted by atomic mass is 9.86. The molecule has 1 aliphatic carbocycles. The van der Waals surface area contributed by atoms with Crippen LogP contribution < -0.4 is 5.73 Å². The van der Waals surface area contributed by atoms with Gasteiger partial charge in [-0.1, -0.05) is 26.2 Å². The minimum absolute atomic E-state index is 0.365. The summed E-state index contributed by atoms with van der Waals surface area (Å²) < 4.78 is 0. The monoisotopic (exact) mass is 210 g/mol. The van der Waals surface area contributed by atoms with E-state index in [0.717, 1.165) is 12.5 Å². The van der Waals surface area contributed by atoms with Crippen LogP contribution >= 0.6 is 0 Å². The summed E-state index contributed by atoms with van der Waals surface area (Å²) >= 11 is 0. The minimum Gasteiger partial charge on any atom is -0.329 e. The molecule has 1 aliphatic heterocycles. The zero-order chi connectivity index (χ0) is 10.7. The third-order valence-electron chi connectivity index (χ3n) is 4.75. The first-order chi connectivity index (χ1) is 7.29. The van der Waals surface area contributed by atoms with E-state index in [0.29, 0.717) is 5.54 Å². The van der Waals surface area contributed by atoms with Crippen LogP contribution in [0.4, 0.5) is 0 Å². The number of nitrogens with zero attached hydrogens (tertiary/aromatic N) is 1. The van der Waals surface area contributed by atoms with Crippen molar-refractivity contribution < 1.29 is 0 Å². The molecular formula is C13H26N2. The van der Waals surface area contributed by atoms with Gasteiger partial charge >= 0.3 is 0 Å². The molecule has 0 spiro atoms. The highest BCUT2D eigenvalue weighted by Gasteiger charge is 2.43. The molecule has 0 aromatic rings. The first-order valence-electron chi connectivity index (χ1n) is 6.75. The summed E-state index contributed by atoms with van der Waals surface area (Å²) in [7, 11) is 0. The molecule has 2 aliphatic rings. The van der Waals surface area contributed by atoms with Gasteiger partial charge in [0.15, 0.2) is 0 Å². The van der Waals surface area contributed by atoms with E-state index in [1.54, 1.807) is 0 Å². The summed E-state index contributed by atoms with van der Waals surface area (Å²) in [6.07, 6.45) is 9.72. The Balaban J connectivity index is 2.09. The number of nitrogens with two attached hydrogens (primary N) is 1. The summed E-state index contributed by atoms with van der Waals surface area (Å²) in [6.45, 7) is 5.86. The van der Waals surface area contributed by atoms with Gasteiger partial charge in [0.1, 0.15) is 0 Å². The number of likely N-dealkylation sites (tertiary alicyclic amines) is 1. The third-order valence-corrected chi connectivity index (χ3v) is 4.75. The van der Waals surface area contributed by atoms with Gasteiger partial charge in [0, 0.05) is 12.1 Å². The Labute approximate surface area is 94.2 Å². The summed E-state index contributed by atoms with van der Waals surface area (Å²) in [4.78, 5) is 2.73. The van der Waals surface area contributed by atoms with Crippen molar-refractivity contribution in [3.05, 3.63) is 0 Å². The van der Waals surface area contributed by atoms with Gasteiger partial charge in [0.05, 0.1) is 0 Å². The van der Waals surface area contributed by atoms with E-state index < -0.39 is 0 Å². The van der Waals surface area contributed by atoms with Gasteiger partial charge < -0.3 is 5.73 Å².